The van der Waals surface area contributed by atoms with Gasteiger partial charge in [0.25, 0.3) is 0 Å². The molecule has 1 saturated carbocycles. The summed E-state index contributed by atoms with van der Waals surface area (Å²) < 4.78 is 4.94. The van der Waals surface area contributed by atoms with Crippen molar-refractivity contribution in [2.75, 3.05) is 13.2 Å². The van der Waals surface area contributed by atoms with Crippen molar-refractivity contribution in [1.29, 1.82) is 0 Å². The molecule has 0 radical (unpaired) electrons. The SMILES string of the molecule is CCCC(=O)N(CCC(=O)OCC)C1CCCCC1. The van der Waals surface area contributed by atoms with Crippen LogP contribution in [0, 0.1) is 0 Å². The Morgan fingerprint density at radius 1 is 1.11 bits per heavy atom. The predicted octanol–water partition coefficient (Wildman–Crippen LogP) is 2.90. The standard InChI is InChI=1S/C15H27NO3/c1-3-8-14(17)16(12-11-15(18)19-4-2)13-9-6-5-7-10-13/h13H,3-12H2,1-2H3. The number of carbonyl (C=O) groups excluding carboxylic acids is 2. The van der Waals surface area contributed by atoms with Crippen molar-refractivity contribution in [1.82, 2.24) is 4.90 Å². The molecule has 0 atom stereocenters. The van der Waals surface area contributed by atoms with Crippen LogP contribution in [0.2, 0.25) is 0 Å². The minimum absolute atomic E-state index is 0.193. The van der Waals surface area contributed by atoms with Crippen molar-refractivity contribution in [3.63, 3.8) is 0 Å². The Bertz CT molecular complexity index is 285. The van der Waals surface area contributed by atoms with Gasteiger partial charge in [-0.3, -0.25) is 9.59 Å². The van der Waals surface area contributed by atoms with Crippen LogP contribution in [0.5, 0.6) is 0 Å². The first-order chi connectivity index (χ1) is 9.19. The maximum Gasteiger partial charge on any atom is 0.307 e. The molecule has 0 saturated heterocycles. The number of nitrogens with zero attached hydrogens (tertiary/aromatic N) is 1. The summed E-state index contributed by atoms with van der Waals surface area (Å²) in [6.07, 6.45) is 7.58. The van der Waals surface area contributed by atoms with Crippen LogP contribution in [0.4, 0.5) is 0 Å². The Kier molecular flexibility index (Phi) is 7.53. The molecule has 0 unspecified atom stereocenters. The third-order valence-electron chi connectivity index (χ3n) is 3.66. The monoisotopic (exact) mass is 269 g/mol. The molecule has 0 heterocycles. The lowest BCUT2D eigenvalue weighted by atomic mass is 9.93. The number of hydrogen-bond acceptors (Lipinski definition) is 3. The second-order valence-corrected chi connectivity index (χ2v) is 5.18. The van der Waals surface area contributed by atoms with E-state index in [1.165, 1.54) is 19.3 Å². The first-order valence-electron chi connectivity index (χ1n) is 7.64. The summed E-state index contributed by atoms with van der Waals surface area (Å²) in [5, 5.41) is 0. The lowest BCUT2D eigenvalue weighted by Crippen LogP contribution is -2.42. The zero-order valence-electron chi connectivity index (χ0n) is 12.3. The molecular weight excluding hydrogens is 242 g/mol. The van der Waals surface area contributed by atoms with Gasteiger partial charge in [-0.05, 0) is 26.2 Å². The van der Waals surface area contributed by atoms with Crippen LogP contribution in [-0.4, -0.2) is 36.0 Å². The smallest absolute Gasteiger partial charge is 0.307 e. The lowest BCUT2D eigenvalue weighted by molar-refractivity contribution is -0.144. The van der Waals surface area contributed by atoms with Gasteiger partial charge in [0.05, 0.1) is 13.0 Å². The Hall–Kier alpha value is -1.06. The molecule has 19 heavy (non-hydrogen) atoms. The molecule has 1 amide bonds. The maximum atomic E-state index is 12.2. The van der Waals surface area contributed by atoms with E-state index < -0.39 is 0 Å². The van der Waals surface area contributed by atoms with E-state index in [0.717, 1.165) is 19.3 Å². The average molecular weight is 269 g/mol. The van der Waals surface area contributed by atoms with E-state index in [0.29, 0.717) is 32.0 Å². The van der Waals surface area contributed by atoms with Crippen molar-refractivity contribution in [2.24, 2.45) is 0 Å². The molecule has 110 valence electrons. The maximum absolute atomic E-state index is 12.2. The normalized spacial score (nSPS) is 16.1. The van der Waals surface area contributed by atoms with Gasteiger partial charge in [0.1, 0.15) is 0 Å². The fraction of sp³-hybridized carbons (Fsp3) is 0.867. The van der Waals surface area contributed by atoms with E-state index in [2.05, 4.69) is 0 Å². The van der Waals surface area contributed by atoms with E-state index in [-0.39, 0.29) is 11.9 Å². The molecule has 4 nitrogen and oxygen atoms in total. The van der Waals surface area contributed by atoms with Crippen molar-refractivity contribution < 1.29 is 14.3 Å². The highest BCUT2D eigenvalue weighted by atomic mass is 16.5. The number of amides is 1. The fourth-order valence-corrected chi connectivity index (χ4v) is 2.71. The highest BCUT2D eigenvalue weighted by Gasteiger charge is 2.25. The summed E-state index contributed by atoms with van der Waals surface area (Å²) >= 11 is 0. The van der Waals surface area contributed by atoms with Crippen molar-refractivity contribution in [3.05, 3.63) is 0 Å². The third kappa shape index (κ3) is 5.62. The number of rotatable bonds is 7. The van der Waals surface area contributed by atoms with E-state index in [4.69, 9.17) is 4.74 Å². The first kappa shape index (κ1) is 16.0. The molecular formula is C15H27NO3. The molecule has 0 bridgehead atoms. The molecule has 0 N–H and O–H groups in total. The summed E-state index contributed by atoms with van der Waals surface area (Å²) in [4.78, 5) is 25.6. The van der Waals surface area contributed by atoms with Crippen LogP contribution < -0.4 is 0 Å². The Balaban J connectivity index is 2.52. The third-order valence-corrected chi connectivity index (χ3v) is 3.66. The summed E-state index contributed by atoms with van der Waals surface area (Å²) in [5.74, 6) is -0.00805. The van der Waals surface area contributed by atoms with Gasteiger partial charge in [0.15, 0.2) is 0 Å². The van der Waals surface area contributed by atoms with Gasteiger partial charge in [0.2, 0.25) is 5.91 Å². The second-order valence-electron chi connectivity index (χ2n) is 5.18. The fourth-order valence-electron chi connectivity index (χ4n) is 2.71. The number of ether oxygens (including phenoxy) is 1. The molecule has 0 aliphatic heterocycles. The zero-order chi connectivity index (χ0) is 14.1. The number of hydrogen-bond donors (Lipinski definition) is 0. The van der Waals surface area contributed by atoms with Crippen molar-refractivity contribution in [2.45, 2.75) is 71.3 Å². The van der Waals surface area contributed by atoms with E-state index in [1.807, 2.05) is 11.8 Å². The Morgan fingerprint density at radius 3 is 2.37 bits per heavy atom. The van der Waals surface area contributed by atoms with Crippen molar-refractivity contribution >= 4 is 11.9 Å². The highest BCUT2D eigenvalue weighted by molar-refractivity contribution is 5.77. The summed E-state index contributed by atoms with van der Waals surface area (Å²) in [6, 6.07) is 0.335. The molecule has 0 aromatic heterocycles. The molecule has 1 aliphatic carbocycles. The van der Waals surface area contributed by atoms with Gasteiger partial charge >= 0.3 is 5.97 Å². The molecule has 0 aromatic rings. The highest BCUT2D eigenvalue weighted by Crippen LogP contribution is 2.23. The topological polar surface area (TPSA) is 46.6 Å². The zero-order valence-corrected chi connectivity index (χ0v) is 12.3. The van der Waals surface area contributed by atoms with Crippen LogP contribution in [0.25, 0.3) is 0 Å². The van der Waals surface area contributed by atoms with Gasteiger partial charge in [-0.15, -0.1) is 0 Å². The van der Waals surface area contributed by atoms with E-state index in [1.54, 1.807) is 6.92 Å². The van der Waals surface area contributed by atoms with Crippen LogP contribution in [-0.2, 0) is 14.3 Å². The lowest BCUT2D eigenvalue weighted by Gasteiger charge is -2.34. The van der Waals surface area contributed by atoms with Gasteiger partial charge in [-0.25, -0.2) is 0 Å². The van der Waals surface area contributed by atoms with Crippen LogP contribution in [0.3, 0.4) is 0 Å². The van der Waals surface area contributed by atoms with E-state index in [9.17, 15) is 9.59 Å². The molecule has 0 spiro atoms. The summed E-state index contributed by atoms with van der Waals surface area (Å²) in [5.41, 5.74) is 0. The summed E-state index contributed by atoms with van der Waals surface area (Å²) in [7, 11) is 0. The summed E-state index contributed by atoms with van der Waals surface area (Å²) in [6.45, 7) is 4.74. The van der Waals surface area contributed by atoms with Gasteiger partial charge in [0, 0.05) is 19.0 Å². The quantitative estimate of drug-likeness (QED) is 0.668. The molecule has 1 rings (SSSR count). The van der Waals surface area contributed by atoms with Crippen LogP contribution in [0.1, 0.15) is 65.2 Å². The van der Waals surface area contributed by atoms with E-state index >= 15 is 0 Å². The van der Waals surface area contributed by atoms with Crippen molar-refractivity contribution in [3.8, 4) is 0 Å². The van der Waals surface area contributed by atoms with Crippen LogP contribution >= 0.6 is 0 Å². The number of carbonyl (C=O) groups is 2. The number of esters is 1. The first-order valence-corrected chi connectivity index (χ1v) is 7.64. The van der Waals surface area contributed by atoms with Crippen LogP contribution in [0.15, 0.2) is 0 Å². The molecule has 0 aromatic carbocycles. The molecule has 1 aliphatic rings. The van der Waals surface area contributed by atoms with Gasteiger partial charge in [-0.2, -0.15) is 0 Å². The second kappa shape index (κ2) is 8.94. The van der Waals surface area contributed by atoms with Gasteiger partial charge in [-0.1, -0.05) is 26.2 Å². The minimum atomic E-state index is -0.201. The van der Waals surface area contributed by atoms with Gasteiger partial charge < -0.3 is 9.64 Å². The average Bonchev–Trinajstić information content (AvgIpc) is 2.41. The molecule has 1 fully saturated rings. The minimum Gasteiger partial charge on any atom is -0.466 e. The Morgan fingerprint density at radius 2 is 1.79 bits per heavy atom. The Labute approximate surface area is 116 Å². The predicted molar refractivity (Wildman–Crippen MR) is 74.7 cm³/mol. The largest absolute Gasteiger partial charge is 0.466 e. The molecule has 4 heteroatoms.